The number of halogens is 1. The molecule has 2 aliphatic heterocycles. The topological polar surface area (TPSA) is 128 Å². The second-order valence-corrected chi connectivity index (χ2v) is 11.8. The summed E-state index contributed by atoms with van der Waals surface area (Å²) < 4.78 is 21.7. The Balaban J connectivity index is 1.42. The van der Waals surface area contributed by atoms with Crippen molar-refractivity contribution in [1.29, 1.82) is 5.26 Å². The highest BCUT2D eigenvalue weighted by Gasteiger charge is 2.39. The highest BCUT2D eigenvalue weighted by atomic mass is 19.1. The molecule has 1 N–H and O–H groups in total. The highest BCUT2D eigenvalue weighted by molar-refractivity contribution is 5.95. The average molecular weight is 598 g/mol. The van der Waals surface area contributed by atoms with E-state index < -0.39 is 28.3 Å². The standard InChI is InChI=1S/C32H32FN7O4/c1-32(19-44-30-25(33)6-4-10-35-30)9-5-11-40(32)26-13-27-23(12-20(26)14-34)29(41)24(31(42)43)18-39(27)21-7-8-28(36-15-21)38-16-22(17-38)37(2)3/h4,6-8,10,12-13,15,18,22H,5,9,11,16-17,19H2,1-3H3,(H,42,43)/t32-/m0/s1. The normalized spacial score (nSPS) is 18.5. The van der Waals surface area contributed by atoms with Gasteiger partial charge in [0.15, 0.2) is 5.82 Å². The van der Waals surface area contributed by atoms with E-state index in [9.17, 15) is 24.3 Å². The van der Waals surface area contributed by atoms with E-state index in [4.69, 9.17) is 4.74 Å². The molecule has 0 saturated carbocycles. The number of carboxylic acid groups (broad SMARTS) is 1. The van der Waals surface area contributed by atoms with Gasteiger partial charge in [0.2, 0.25) is 11.3 Å². The number of benzene rings is 1. The zero-order valence-electron chi connectivity index (χ0n) is 24.7. The number of anilines is 2. The van der Waals surface area contributed by atoms with Crippen molar-refractivity contribution >= 4 is 28.4 Å². The van der Waals surface area contributed by atoms with Gasteiger partial charge in [-0.1, -0.05) is 0 Å². The van der Waals surface area contributed by atoms with Crippen LogP contribution in [0.15, 0.2) is 59.8 Å². The lowest BCUT2D eigenvalue weighted by Gasteiger charge is -2.43. The van der Waals surface area contributed by atoms with E-state index in [2.05, 4.69) is 25.8 Å². The maximum absolute atomic E-state index is 14.2. The molecule has 2 saturated heterocycles. The minimum atomic E-state index is -1.36. The molecule has 0 unspecified atom stereocenters. The molecule has 0 bridgehead atoms. The van der Waals surface area contributed by atoms with Gasteiger partial charge in [-0.2, -0.15) is 5.26 Å². The fraction of sp³-hybridized carbons (Fsp3) is 0.344. The van der Waals surface area contributed by atoms with Crippen LogP contribution in [0.5, 0.6) is 5.88 Å². The molecule has 0 radical (unpaired) electrons. The van der Waals surface area contributed by atoms with Crippen molar-refractivity contribution in [2.75, 3.05) is 50.1 Å². The van der Waals surface area contributed by atoms with Gasteiger partial charge in [-0.3, -0.25) is 4.79 Å². The van der Waals surface area contributed by atoms with E-state index in [-0.39, 0.29) is 23.4 Å². The van der Waals surface area contributed by atoms with Crippen LogP contribution >= 0.6 is 0 Å². The summed E-state index contributed by atoms with van der Waals surface area (Å²) in [5, 5.41) is 20.1. The Morgan fingerprint density at radius 3 is 2.70 bits per heavy atom. The van der Waals surface area contributed by atoms with Crippen LogP contribution in [0.3, 0.4) is 0 Å². The number of rotatable bonds is 8. The number of aromatic nitrogens is 3. The molecular weight excluding hydrogens is 565 g/mol. The van der Waals surface area contributed by atoms with Gasteiger partial charge in [0.1, 0.15) is 24.1 Å². The van der Waals surface area contributed by atoms with Gasteiger partial charge in [-0.05, 0) is 70.3 Å². The number of hydrogen-bond donors (Lipinski definition) is 1. The first-order valence-corrected chi connectivity index (χ1v) is 14.4. The number of pyridine rings is 3. The first-order chi connectivity index (χ1) is 21.1. The molecule has 0 aliphatic carbocycles. The van der Waals surface area contributed by atoms with Crippen molar-refractivity contribution < 1.29 is 19.0 Å². The minimum absolute atomic E-state index is 0.0963. The van der Waals surface area contributed by atoms with E-state index in [0.29, 0.717) is 35.9 Å². The number of carbonyl (C=O) groups is 1. The van der Waals surface area contributed by atoms with Crippen molar-refractivity contribution in [3.05, 3.63) is 82.2 Å². The zero-order chi connectivity index (χ0) is 31.2. The van der Waals surface area contributed by atoms with Gasteiger partial charge in [-0.25, -0.2) is 19.2 Å². The first kappa shape index (κ1) is 29.1. The van der Waals surface area contributed by atoms with Crippen molar-refractivity contribution in [3.8, 4) is 17.6 Å². The molecule has 6 rings (SSSR count). The van der Waals surface area contributed by atoms with Crippen molar-refractivity contribution in [3.63, 3.8) is 0 Å². The van der Waals surface area contributed by atoms with Crippen LogP contribution in [0.1, 0.15) is 35.7 Å². The Hall–Kier alpha value is -5.02. The van der Waals surface area contributed by atoms with Crippen LogP contribution in [-0.4, -0.2) is 82.4 Å². The van der Waals surface area contributed by atoms with Crippen LogP contribution in [-0.2, 0) is 0 Å². The van der Waals surface area contributed by atoms with E-state index in [1.165, 1.54) is 30.6 Å². The molecule has 1 atom stereocenters. The summed E-state index contributed by atoms with van der Waals surface area (Å²) in [5.41, 5.74) is 0.103. The number of aromatic carboxylic acids is 1. The third-order valence-electron chi connectivity index (χ3n) is 8.68. The van der Waals surface area contributed by atoms with Gasteiger partial charge in [0.25, 0.3) is 0 Å². The molecule has 3 aromatic heterocycles. The summed E-state index contributed by atoms with van der Waals surface area (Å²) in [4.78, 5) is 40.4. The maximum Gasteiger partial charge on any atom is 0.341 e. The third-order valence-corrected chi connectivity index (χ3v) is 8.68. The lowest BCUT2D eigenvalue weighted by molar-refractivity contribution is 0.0695. The summed E-state index contributed by atoms with van der Waals surface area (Å²) in [7, 11) is 4.09. The van der Waals surface area contributed by atoms with Crippen LogP contribution in [0.2, 0.25) is 0 Å². The molecule has 4 aromatic rings. The molecular formula is C32H32FN7O4. The summed E-state index contributed by atoms with van der Waals surface area (Å²) in [6.45, 7) is 4.41. The van der Waals surface area contributed by atoms with Crippen LogP contribution in [0, 0.1) is 17.1 Å². The smallest absolute Gasteiger partial charge is 0.341 e. The highest BCUT2D eigenvalue weighted by Crippen LogP contribution is 2.38. The van der Waals surface area contributed by atoms with E-state index in [1.54, 1.807) is 16.8 Å². The van der Waals surface area contributed by atoms with Gasteiger partial charge in [0.05, 0.1) is 34.2 Å². The van der Waals surface area contributed by atoms with Gasteiger partial charge < -0.3 is 29.1 Å². The molecule has 0 spiro atoms. The largest absolute Gasteiger partial charge is 0.477 e. The SMILES string of the molecule is CN(C)C1CN(c2ccc(-n3cc(C(=O)O)c(=O)c4cc(C#N)c(N5CCC[C@@]5(C)COc5ncccc5F)cc43)cn2)C1. The maximum atomic E-state index is 14.2. The second kappa shape index (κ2) is 11.2. The predicted molar refractivity (Wildman–Crippen MR) is 163 cm³/mol. The Morgan fingerprint density at radius 2 is 2.05 bits per heavy atom. The summed E-state index contributed by atoms with van der Waals surface area (Å²) >= 11 is 0. The van der Waals surface area contributed by atoms with E-state index >= 15 is 0 Å². The Morgan fingerprint density at radius 1 is 1.25 bits per heavy atom. The van der Waals surface area contributed by atoms with E-state index in [1.807, 2.05) is 38.1 Å². The number of nitrogens with zero attached hydrogens (tertiary/aromatic N) is 7. The number of likely N-dealkylation sites (N-methyl/N-ethyl adjacent to an activating group) is 1. The quantitative estimate of drug-likeness (QED) is 0.321. The fourth-order valence-electron chi connectivity index (χ4n) is 6.00. The van der Waals surface area contributed by atoms with Crippen LogP contribution in [0.25, 0.3) is 16.6 Å². The van der Waals surface area contributed by atoms with E-state index in [0.717, 1.165) is 25.3 Å². The Bertz CT molecular complexity index is 1850. The van der Waals surface area contributed by atoms with Crippen LogP contribution in [0.4, 0.5) is 15.9 Å². The third kappa shape index (κ3) is 5.09. The molecule has 2 aliphatic rings. The lowest BCUT2D eigenvalue weighted by atomic mass is 9.97. The number of fused-ring (bicyclic) bond motifs is 1. The molecule has 5 heterocycles. The monoisotopic (exact) mass is 597 g/mol. The molecule has 12 heteroatoms. The van der Waals surface area contributed by atoms with Gasteiger partial charge in [0, 0.05) is 43.5 Å². The van der Waals surface area contributed by atoms with Gasteiger partial charge in [-0.15, -0.1) is 0 Å². The Kier molecular flexibility index (Phi) is 7.43. The molecule has 0 amide bonds. The predicted octanol–water partition coefficient (Wildman–Crippen LogP) is 3.68. The molecule has 44 heavy (non-hydrogen) atoms. The average Bonchev–Trinajstić information content (AvgIpc) is 3.37. The summed E-state index contributed by atoms with van der Waals surface area (Å²) in [6.07, 6.45) is 5.93. The fourth-order valence-corrected chi connectivity index (χ4v) is 6.00. The minimum Gasteiger partial charge on any atom is -0.477 e. The molecule has 226 valence electrons. The van der Waals surface area contributed by atoms with Crippen molar-refractivity contribution in [1.82, 2.24) is 19.4 Å². The first-order valence-electron chi connectivity index (χ1n) is 14.4. The number of hydrogen-bond acceptors (Lipinski definition) is 9. The van der Waals surface area contributed by atoms with Gasteiger partial charge >= 0.3 is 5.97 Å². The number of ether oxygens (including phenoxy) is 1. The van der Waals surface area contributed by atoms with Crippen molar-refractivity contribution in [2.45, 2.75) is 31.3 Å². The molecule has 1 aromatic carbocycles. The molecule has 11 nitrogen and oxygen atoms in total. The Labute approximate surface area is 253 Å². The second-order valence-electron chi connectivity index (χ2n) is 11.8. The summed E-state index contributed by atoms with van der Waals surface area (Å²) in [6, 6.07) is 12.3. The number of nitriles is 1. The lowest BCUT2D eigenvalue weighted by Crippen LogP contribution is -2.57. The van der Waals surface area contributed by atoms with Crippen molar-refractivity contribution in [2.24, 2.45) is 0 Å². The number of carboxylic acids is 1. The zero-order valence-corrected chi connectivity index (χ0v) is 24.7. The van der Waals surface area contributed by atoms with Crippen LogP contribution < -0.4 is 20.0 Å². The summed E-state index contributed by atoms with van der Waals surface area (Å²) in [5.74, 6) is -1.21. The molecule has 2 fully saturated rings.